The van der Waals surface area contributed by atoms with Crippen LogP contribution in [-0.4, -0.2) is 16.6 Å². The molecule has 1 heterocycles. The van der Waals surface area contributed by atoms with Crippen LogP contribution >= 0.6 is 11.6 Å². The predicted octanol–water partition coefficient (Wildman–Crippen LogP) is 2.40. The van der Waals surface area contributed by atoms with Crippen LogP contribution in [0.2, 0.25) is 5.02 Å². The van der Waals surface area contributed by atoms with E-state index in [1.807, 2.05) is 13.8 Å². The van der Waals surface area contributed by atoms with E-state index in [2.05, 4.69) is 0 Å². The van der Waals surface area contributed by atoms with Gasteiger partial charge in [0.25, 0.3) is 5.56 Å². The molecule has 1 aromatic rings. The van der Waals surface area contributed by atoms with Crippen LogP contribution in [0.15, 0.2) is 23.1 Å². The summed E-state index contributed by atoms with van der Waals surface area (Å²) < 4.78 is 6.44. The van der Waals surface area contributed by atoms with Crippen LogP contribution in [0.25, 0.3) is 0 Å². The number of carbonyl (C=O) groups excluding carboxylic acids is 1. The largest absolute Gasteiger partial charge is 0.461 e. The summed E-state index contributed by atoms with van der Waals surface area (Å²) in [7, 11) is 0. The highest BCUT2D eigenvalue weighted by Gasteiger charge is 2.19. The van der Waals surface area contributed by atoms with Crippen molar-refractivity contribution in [3.05, 3.63) is 33.7 Å². The zero-order valence-electron chi connectivity index (χ0n) is 10.1. The number of carbonyl (C=O) groups is 1. The van der Waals surface area contributed by atoms with Crippen LogP contribution in [0.3, 0.4) is 0 Å². The minimum absolute atomic E-state index is 0.153. The second-order valence-electron chi connectivity index (χ2n) is 3.92. The molecular weight excluding hydrogens is 242 g/mol. The normalized spacial score (nSPS) is 14.1. The fourth-order valence-corrected chi connectivity index (χ4v) is 1.44. The monoisotopic (exact) mass is 257 g/mol. The van der Waals surface area contributed by atoms with Gasteiger partial charge in [-0.1, -0.05) is 18.5 Å². The van der Waals surface area contributed by atoms with E-state index in [0.717, 1.165) is 6.42 Å². The minimum Gasteiger partial charge on any atom is -0.461 e. The number of nitrogens with zero attached hydrogens (tertiary/aromatic N) is 1. The van der Waals surface area contributed by atoms with Crippen LogP contribution in [-0.2, 0) is 9.53 Å². The van der Waals surface area contributed by atoms with Crippen molar-refractivity contribution in [2.75, 3.05) is 0 Å². The predicted molar refractivity (Wildman–Crippen MR) is 66.3 cm³/mol. The van der Waals surface area contributed by atoms with Crippen molar-refractivity contribution in [2.45, 2.75) is 39.3 Å². The Morgan fingerprint density at radius 1 is 1.47 bits per heavy atom. The third-order valence-electron chi connectivity index (χ3n) is 2.55. The molecule has 2 unspecified atom stereocenters. The number of pyridine rings is 1. The zero-order valence-corrected chi connectivity index (χ0v) is 10.9. The number of halogens is 1. The number of hydrogen-bond acceptors (Lipinski definition) is 3. The molecule has 0 saturated heterocycles. The molecule has 0 fully saturated rings. The summed E-state index contributed by atoms with van der Waals surface area (Å²) in [5, 5.41) is 0.410. The maximum absolute atomic E-state index is 11.8. The van der Waals surface area contributed by atoms with Gasteiger partial charge in [0.2, 0.25) is 0 Å². The number of aromatic nitrogens is 1. The van der Waals surface area contributed by atoms with Crippen LogP contribution in [0.5, 0.6) is 0 Å². The van der Waals surface area contributed by atoms with E-state index in [4.69, 9.17) is 16.3 Å². The molecule has 0 amide bonds. The van der Waals surface area contributed by atoms with Crippen molar-refractivity contribution in [1.29, 1.82) is 0 Å². The average Bonchev–Trinajstić information content (AvgIpc) is 2.31. The Bertz CT molecular complexity index is 455. The van der Waals surface area contributed by atoms with Crippen molar-refractivity contribution in [2.24, 2.45) is 0 Å². The third-order valence-corrected chi connectivity index (χ3v) is 2.78. The molecule has 0 spiro atoms. The Labute approximate surface area is 105 Å². The van der Waals surface area contributed by atoms with Crippen molar-refractivity contribution in [1.82, 2.24) is 4.57 Å². The number of esters is 1. The molecule has 0 aliphatic carbocycles. The van der Waals surface area contributed by atoms with E-state index in [0.29, 0.717) is 5.02 Å². The van der Waals surface area contributed by atoms with Gasteiger partial charge >= 0.3 is 5.97 Å². The molecule has 0 radical (unpaired) electrons. The fourth-order valence-electron chi connectivity index (χ4n) is 1.27. The molecule has 1 rings (SSSR count). The summed E-state index contributed by atoms with van der Waals surface area (Å²) in [6.45, 7) is 5.35. The molecule has 17 heavy (non-hydrogen) atoms. The van der Waals surface area contributed by atoms with Crippen LogP contribution in [0.1, 0.15) is 33.2 Å². The molecule has 0 N–H and O–H groups in total. The Morgan fingerprint density at radius 3 is 2.71 bits per heavy atom. The van der Waals surface area contributed by atoms with Gasteiger partial charge in [0.15, 0.2) is 0 Å². The zero-order chi connectivity index (χ0) is 13.0. The standard InChI is InChI=1S/C12H16ClNO3/c1-4-8(2)17-12(16)9(3)14-7-10(13)5-6-11(14)15/h5-9H,4H2,1-3H3. The van der Waals surface area contributed by atoms with E-state index >= 15 is 0 Å². The lowest BCUT2D eigenvalue weighted by Gasteiger charge is -2.17. The number of ether oxygens (including phenoxy) is 1. The highest BCUT2D eigenvalue weighted by atomic mass is 35.5. The third kappa shape index (κ3) is 3.60. The first-order valence-corrected chi connectivity index (χ1v) is 5.91. The van der Waals surface area contributed by atoms with E-state index in [1.165, 1.54) is 22.9 Å². The summed E-state index contributed by atoms with van der Waals surface area (Å²) in [6, 6.07) is 2.15. The topological polar surface area (TPSA) is 48.3 Å². The van der Waals surface area contributed by atoms with Crippen molar-refractivity contribution in [3.8, 4) is 0 Å². The average molecular weight is 258 g/mol. The molecule has 5 heteroatoms. The van der Waals surface area contributed by atoms with E-state index in [1.54, 1.807) is 6.92 Å². The van der Waals surface area contributed by atoms with Gasteiger partial charge in [-0.25, -0.2) is 4.79 Å². The summed E-state index contributed by atoms with van der Waals surface area (Å²) in [4.78, 5) is 23.3. The summed E-state index contributed by atoms with van der Waals surface area (Å²) >= 11 is 5.79. The van der Waals surface area contributed by atoms with Crippen LogP contribution in [0.4, 0.5) is 0 Å². The van der Waals surface area contributed by atoms with Gasteiger partial charge in [-0.05, 0) is 26.3 Å². The smallest absolute Gasteiger partial charge is 0.329 e. The van der Waals surface area contributed by atoms with Crippen molar-refractivity contribution in [3.63, 3.8) is 0 Å². The second kappa shape index (κ2) is 5.87. The molecule has 4 nitrogen and oxygen atoms in total. The molecule has 0 aliphatic rings. The van der Waals surface area contributed by atoms with Crippen molar-refractivity contribution < 1.29 is 9.53 Å². The summed E-state index contributed by atoms with van der Waals surface area (Å²) in [6.07, 6.45) is 2.02. The Balaban J connectivity index is 2.88. The lowest BCUT2D eigenvalue weighted by Crippen LogP contribution is -2.30. The van der Waals surface area contributed by atoms with Gasteiger partial charge in [0.1, 0.15) is 6.04 Å². The highest BCUT2D eigenvalue weighted by Crippen LogP contribution is 2.11. The molecule has 2 atom stereocenters. The van der Waals surface area contributed by atoms with E-state index < -0.39 is 12.0 Å². The number of rotatable bonds is 4. The summed E-state index contributed by atoms with van der Waals surface area (Å²) in [5.74, 6) is -0.427. The minimum atomic E-state index is -0.671. The van der Waals surface area contributed by atoms with Crippen molar-refractivity contribution >= 4 is 17.6 Å². The SMILES string of the molecule is CCC(C)OC(=O)C(C)n1cc(Cl)ccc1=O. The quantitative estimate of drug-likeness (QED) is 0.779. The Morgan fingerprint density at radius 2 is 2.12 bits per heavy atom. The molecule has 0 saturated carbocycles. The van der Waals surface area contributed by atoms with Gasteiger partial charge in [0.05, 0.1) is 11.1 Å². The van der Waals surface area contributed by atoms with E-state index in [9.17, 15) is 9.59 Å². The van der Waals surface area contributed by atoms with Gasteiger partial charge in [0, 0.05) is 12.3 Å². The molecule has 0 aliphatic heterocycles. The molecule has 0 bridgehead atoms. The van der Waals surface area contributed by atoms with Gasteiger partial charge < -0.3 is 9.30 Å². The van der Waals surface area contributed by atoms with Crippen LogP contribution < -0.4 is 5.56 Å². The summed E-state index contributed by atoms with van der Waals surface area (Å²) in [5.41, 5.74) is -0.275. The first kappa shape index (κ1) is 13.8. The Kier molecular flexibility index (Phi) is 4.75. The lowest BCUT2D eigenvalue weighted by atomic mass is 10.3. The fraction of sp³-hybridized carbons (Fsp3) is 0.500. The van der Waals surface area contributed by atoms with E-state index in [-0.39, 0.29) is 11.7 Å². The second-order valence-corrected chi connectivity index (χ2v) is 4.36. The molecule has 0 aromatic carbocycles. The lowest BCUT2D eigenvalue weighted by molar-refractivity contribution is -0.152. The van der Waals surface area contributed by atoms with Crippen LogP contribution in [0, 0.1) is 0 Å². The first-order chi connectivity index (χ1) is 7.95. The molecular formula is C12H16ClNO3. The number of hydrogen-bond donors (Lipinski definition) is 0. The maximum atomic E-state index is 11.8. The highest BCUT2D eigenvalue weighted by molar-refractivity contribution is 6.30. The Hall–Kier alpha value is -1.29. The first-order valence-electron chi connectivity index (χ1n) is 5.54. The maximum Gasteiger partial charge on any atom is 0.329 e. The van der Waals surface area contributed by atoms with Gasteiger partial charge in [-0.15, -0.1) is 0 Å². The van der Waals surface area contributed by atoms with Gasteiger partial charge in [-0.2, -0.15) is 0 Å². The molecule has 94 valence electrons. The van der Waals surface area contributed by atoms with Gasteiger partial charge in [-0.3, -0.25) is 4.79 Å². The molecule has 1 aromatic heterocycles.